The van der Waals surface area contributed by atoms with Gasteiger partial charge in [0, 0.05) is 71.4 Å². The van der Waals surface area contributed by atoms with Gasteiger partial charge in [-0.1, -0.05) is 19.6 Å². The molecule has 3 aromatic heterocycles. The standard InChI is InChI=1S/C23H33N7O3SSi/c1-24-15-23(16-29(17-23)34(31,32)27(2)3)30-14-19(13-26-30)20-7-9-25-22-21(20)8-10-28(22)18-33-11-12-35(4,5)6/h7-10,13-14H,11-12,15-18H2,2-6H3. The second-order valence-electron chi connectivity index (χ2n) is 10.5. The highest BCUT2D eigenvalue weighted by Crippen LogP contribution is 2.35. The molecule has 0 amide bonds. The van der Waals surface area contributed by atoms with E-state index >= 15 is 0 Å². The van der Waals surface area contributed by atoms with Crippen LogP contribution in [0.5, 0.6) is 0 Å². The first kappa shape index (κ1) is 25.5. The van der Waals surface area contributed by atoms with Gasteiger partial charge in [0.2, 0.25) is 6.54 Å². The molecule has 1 saturated heterocycles. The van der Waals surface area contributed by atoms with Gasteiger partial charge in [0.1, 0.15) is 12.4 Å². The summed E-state index contributed by atoms with van der Waals surface area (Å²) in [6.45, 7) is 16.2. The second-order valence-corrected chi connectivity index (χ2v) is 18.3. The van der Waals surface area contributed by atoms with Crippen LogP contribution in [0, 0.1) is 6.57 Å². The van der Waals surface area contributed by atoms with Crippen molar-refractivity contribution in [2.75, 3.05) is 40.3 Å². The molecule has 1 fully saturated rings. The van der Waals surface area contributed by atoms with Gasteiger partial charge in [-0.25, -0.2) is 11.6 Å². The third-order valence-corrected chi connectivity index (χ3v) is 9.91. The van der Waals surface area contributed by atoms with E-state index in [4.69, 9.17) is 11.3 Å². The highest BCUT2D eigenvalue weighted by atomic mass is 32.2. The first-order valence-corrected chi connectivity index (χ1v) is 16.7. The molecule has 35 heavy (non-hydrogen) atoms. The van der Waals surface area contributed by atoms with Gasteiger partial charge in [0.25, 0.3) is 10.2 Å². The zero-order valence-electron chi connectivity index (χ0n) is 21.0. The van der Waals surface area contributed by atoms with E-state index in [0.29, 0.717) is 6.73 Å². The Labute approximate surface area is 208 Å². The van der Waals surface area contributed by atoms with E-state index in [1.54, 1.807) is 17.1 Å². The van der Waals surface area contributed by atoms with E-state index in [9.17, 15) is 8.42 Å². The van der Waals surface area contributed by atoms with Crippen LogP contribution in [-0.4, -0.2) is 84.8 Å². The Morgan fingerprint density at radius 2 is 2.00 bits per heavy atom. The van der Waals surface area contributed by atoms with Crippen LogP contribution in [0.2, 0.25) is 25.7 Å². The van der Waals surface area contributed by atoms with Crippen molar-refractivity contribution >= 4 is 29.3 Å². The molecule has 4 heterocycles. The van der Waals surface area contributed by atoms with Gasteiger partial charge in [0.15, 0.2) is 5.54 Å². The first-order chi connectivity index (χ1) is 16.5. The number of ether oxygens (including phenoxy) is 1. The predicted molar refractivity (Wildman–Crippen MR) is 139 cm³/mol. The van der Waals surface area contributed by atoms with E-state index in [0.717, 1.165) is 34.8 Å². The van der Waals surface area contributed by atoms with Crippen LogP contribution < -0.4 is 0 Å². The van der Waals surface area contributed by atoms with Crippen molar-refractivity contribution in [2.24, 2.45) is 0 Å². The number of hydrogen-bond donors (Lipinski definition) is 0. The Morgan fingerprint density at radius 3 is 2.66 bits per heavy atom. The highest BCUT2D eigenvalue weighted by Gasteiger charge is 2.53. The highest BCUT2D eigenvalue weighted by molar-refractivity contribution is 7.86. The van der Waals surface area contributed by atoms with Gasteiger partial charge >= 0.3 is 0 Å². The van der Waals surface area contributed by atoms with Crippen molar-refractivity contribution in [3.63, 3.8) is 0 Å². The lowest BCUT2D eigenvalue weighted by atomic mass is 9.92. The van der Waals surface area contributed by atoms with Crippen LogP contribution >= 0.6 is 0 Å². The molecule has 0 aliphatic carbocycles. The molecular formula is C23H33N7O3SSi. The van der Waals surface area contributed by atoms with Gasteiger partial charge in [-0.2, -0.15) is 22.1 Å². The minimum atomic E-state index is -3.53. The van der Waals surface area contributed by atoms with Crippen LogP contribution in [0.15, 0.2) is 36.9 Å². The van der Waals surface area contributed by atoms with Gasteiger partial charge < -0.3 is 14.1 Å². The zero-order valence-corrected chi connectivity index (χ0v) is 22.8. The fraction of sp³-hybridized carbons (Fsp3) is 0.522. The molecule has 0 radical (unpaired) electrons. The summed E-state index contributed by atoms with van der Waals surface area (Å²) in [5.41, 5.74) is 2.04. The Hall–Kier alpha value is -2.56. The Morgan fingerprint density at radius 1 is 1.26 bits per heavy atom. The SMILES string of the molecule is [C-]#[N+]CC1(n2cc(-c3ccnc4c3ccn4COCC[Si](C)(C)C)cn2)CN(S(=O)(=O)N(C)C)C1. The second kappa shape index (κ2) is 9.48. The van der Waals surface area contributed by atoms with Crippen molar-refractivity contribution in [3.8, 4) is 11.1 Å². The lowest BCUT2D eigenvalue weighted by molar-refractivity contribution is 0.0787. The summed E-state index contributed by atoms with van der Waals surface area (Å²) in [4.78, 5) is 8.15. The monoisotopic (exact) mass is 515 g/mol. The van der Waals surface area contributed by atoms with Crippen LogP contribution in [0.25, 0.3) is 27.0 Å². The Bertz CT molecular complexity index is 1350. The molecule has 0 saturated carbocycles. The number of pyridine rings is 1. The summed E-state index contributed by atoms with van der Waals surface area (Å²) in [5, 5.41) is 5.55. The Kier molecular flexibility index (Phi) is 6.91. The van der Waals surface area contributed by atoms with Gasteiger partial charge in [-0.3, -0.25) is 4.68 Å². The maximum absolute atomic E-state index is 12.5. The molecule has 0 N–H and O–H groups in total. The van der Waals surface area contributed by atoms with Crippen LogP contribution in [0.1, 0.15) is 0 Å². The molecule has 0 unspecified atom stereocenters. The maximum atomic E-state index is 12.5. The van der Waals surface area contributed by atoms with E-state index in [2.05, 4.69) is 34.6 Å². The van der Waals surface area contributed by atoms with Gasteiger partial charge in [-0.05, 0) is 23.7 Å². The predicted octanol–water partition coefficient (Wildman–Crippen LogP) is 2.95. The van der Waals surface area contributed by atoms with E-state index in [1.165, 1.54) is 22.7 Å². The summed E-state index contributed by atoms with van der Waals surface area (Å²) in [6.07, 6.45) is 7.43. The summed E-state index contributed by atoms with van der Waals surface area (Å²) < 4.78 is 37.2. The first-order valence-electron chi connectivity index (χ1n) is 11.5. The third kappa shape index (κ3) is 5.05. The van der Waals surface area contributed by atoms with Crippen LogP contribution in [0.3, 0.4) is 0 Å². The maximum Gasteiger partial charge on any atom is 0.281 e. The lowest BCUT2D eigenvalue weighted by Crippen LogP contribution is -2.67. The van der Waals surface area contributed by atoms with Crippen molar-refractivity contribution in [3.05, 3.63) is 48.3 Å². The molecule has 0 bridgehead atoms. The molecule has 4 rings (SSSR count). The molecular weight excluding hydrogens is 482 g/mol. The van der Waals surface area contributed by atoms with Crippen molar-refractivity contribution < 1.29 is 13.2 Å². The number of rotatable bonds is 10. The normalized spacial score (nSPS) is 16.5. The fourth-order valence-corrected chi connectivity index (χ4v) is 6.20. The molecule has 3 aromatic rings. The molecule has 1 aliphatic heterocycles. The topological polar surface area (TPSA) is 89.9 Å². The van der Waals surface area contributed by atoms with E-state index in [-0.39, 0.29) is 19.6 Å². The number of nitrogens with zero attached hydrogens (tertiary/aromatic N) is 7. The molecule has 0 spiro atoms. The largest absolute Gasteiger partial charge is 0.361 e. The lowest BCUT2D eigenvalue weighted by Gasteiger charge is -2.46. The Balaban J connectivity index is 1.55. The summed E-state index contributed by atoms with van der Waals surface area (Å²) >= 11 is 0. The van der Waals surface area contributed by atoms with Crippen molar-refractivity contribution in [1.29, 1.82) is 0 Å². The molecule has 0 atom stereocenters. The molecule has 10 nitrogen and oxygen atoms in total. The quantitative estimate of drug-likeness (QED) is 0.235. The number of hydrogen-bond acceptors (Lipinski definition) is 5. The van der Waals surface area contributed by atoms with Crippen molar-refractivity contribution in [2.45, 2.75) is 38.0 Å². The van der Waals surface area contributed by atoms with Crippen LogP contribution in [-0.2, 0) is 27.2 Å². The molecule has 12 heteroatoms. The van der Waals surface area contributed by atoms with Gasteiger partial charge in [-0.15, -0.1) is 0 Å². The zero-order chi connectivity index (χ0) is 25.4. The summed E-state index contributed by atoms with van der Waals surface area (Å²) in [7, 11) is -1.65. The number of fused-ring (bicyclic) bond motifs is 1. The average Bonchev–Trinajstić information content (AvgIpc) is 3.40. The molecule has 0 aromatic carbocycles. The average molecular weight is 516 g/mol. The number of aromatic nitrogens is 4. The third-order valence-electron chi connectivity index (χ3n) is 6.37. The molecule has 188 valence electrons. The van der Waals surface area contributed by atoms with Crippen molar-refractivity contribution in [1.82, 2.24) is 27.9 Å². The minimum Gasteiger partial charge on any atom is -0.361 e. The van der Waals surface area contributed by atoms with E-state index < -0.39 is 23.8 Å². The molecule has 1 aliphatic rings. The fourth-order valence-electron chi connectivity index (χ4n) is 4.18. The summed E-state index contributed by atoms with van der Waals surface area (Å²) in [5.74, 6) is 0. The van der Waals surface area contributed by atoms with E-state index in [1.807, 2.05) is 29.1 Å². The minimum absolute atomic E-state index is 0.157. The van der Waals surface area contributed by atoms with Gasteiger partial charge in [0.05, 0.1) is 6.20 Å². The van der Waals surface area contributed by atoms with Crippen LogP contribution in [0.4, 0.5) is 0 Å². The summed E-state index contributed by atoms with van der Waals surface area (Å²) in [6, 6.07) is 5.09. The smallest absolute Gasteiger partial charge is 0.281 e.